The molecule has 216 valence electrons. The van der Waals surface area contributed by atoms with Crippen LogP contribution >= 0.6 is 0 Å². The number of carboxylic acids is 1. The molecule has 6 unspecified atom stereocenters. The van der Waals surface area contributed by atoms with Gasteiger partial charge in [-0.1, -0.05) is 70.5 Å². The highest BCUT2D eigenvalue weighted by Crippen LogP contribution is 2.69. The molecule has 4 aliphatic carbocycles. The minimum Gasteiger partial charge on any atom is -0.481 e. The Kier molecular flexibility index (Phi) is 8.12. The van der Waals surface area contributed by atoms with Gasteiger partial charge in [0.15, 0.2) is 0 Å². The largest absolute Gasteiger partial charge is 0.481 e. The molecule has 4 fully saturated rings. The number of hydrogen-bond donors (Lipinski definition) is 3. The van der Waals surface area contributed by atoms with Crippen molar-refractivity contribution in [1.82, 2.24) is 0 Å². The van der Waals surface area contributed by atoms with Crippen LogP contribution in [0.3, 0.4) is 0 Å². The summed E-state index contributed by atoms with van der Waals surface area (Å²) in [6.07, 6.45) is 14.1. The van der Waals surface area contributed by atoms with Crippen molar-refractivity contribution >= 4 is 12.0 Å². The van der Waals surface area contributed by atoms with Crippen molar-refractivity contribution in [2.24, 2.45) is 52.3 Å². The van der Waals surface area contributed by atoms with Gasteiger partial charge in [-0.2, -0.15) is 0 Å². The van der Waals surface area contributed by atoms with Crippen LogP contribution in [0.1, 0.15) is 109 Å². The summed E-state index contributed by atoms with van der Waals surface area (Å²) in [6, 6.07) is 7.91. The molecule has 1 aromatic carbocycles. The summed E-state index contributed by atoms with van der Waals surface area (Å²) in [5, 5.41) is 31.7. The van der Waals surface area contributed by atoms with E-state index in [0.29, 0.717) is 46.8 Å². The van der Waals surface area contributed by atoms with Gasteiger partial charge in [0.05, 0.1) is 18.1 Å². The number of fused-ring (bicyclic) bond motifs is 5. The molecular weight excluding hydrogens is 484 g/mol. The van der Waals surface area contributed by atoms with Crippen molar-refractivity contribution in [1.29, 1.82) is 0 Å². The van der Waals surface area contributed by atoms with E-state index in [2.05, 4.69) is 39.8 Å². The fraction of sp³-hybridized carbons (Fsp3) is 0.743. The van der Waals surface area contributed by atoms with E-state index in [1.807, 2.05) is 24.3 Å². The summed E-state index contributed by atoms with van der Waals surface area (Å²) in [7, 11) is 0. The number of allylic oxidation sites excluding steroid dienone is 1. The molecular formula is C35H52O4. The molecule has 3 N–H and O–H groups in total. The number of hydrogen-bond acceptors (Lipinski definition) is 3. The summed E-state index contributed by atoms with van der Waals surface area (Å²) >= 11 is 0. The Morgan fingerprint density at radius 1 is 0.974 bits per heavy atom. The predicted octanol–water partition coefficient (Wildman–Crippen LogP) is 7.54. The highest BCUT2D eigenvalue weighted by molar-refractivity contribution is 5.75. The molecule has 0 aliphatic heterocycles. The minimum absolute atomic E-state index is 0.189. The summed E-state index contributed by atoms with van der Waals surface area (Å²) in [6.45, 7) is 11.5. The lowest BCUT2D eigenvalue weighted by atomic mass is 9.41. The number of aliphatic carboxylic acids is 1. The van der Waals surface area contributed by atoms with E-state index in [0.717, 1.165) is 43.2 Å². The third kappa shape index (κ3) is 4.92. The standard InChI is InChI=1S/C35H52O4/c1-6-26-30-20-25(36)16-18-35(30,5)29-17-19-34(4)27(14-15-28(34)31(29)32(26)37)21(2)8-7-9-23-10-12-24(13-11-23)22(3)33(38)39/h7,9-13,21-22,25-32,36-37H,6,8,14-20H2,1-5H3,(H,38,39)/b9-7+/t21-,22?,25-,26-,27?,28?,29?,30?,31?,32-,34-,35-/m1/s1. The van der Waals surface area contributed by atoms with Gasteiger partial charge < -0.3 is 15.3 Å². The SMILES string of the molecule is CC[C@@H]1C2C[C@H](O)CC[C@]2(C)C2CC[C@@]3(C)C(CCC3[C@H](C)C/C=C/c3ccc(C(C)C(=O)O)cc3)C2[C@@H]1O. The molecule has 1 aromatic rings. The maximum Gasteiger partial charge on any atom is 0.310 e. The molecule has 4 saturated carbocycles. The molecule has 4 heteroatoms. The summed E-state index contributed by atoms with van der Waals surface area (Å²) in [5.41, 5.74) is 2.51. The van der Waals surface area contributed by atoms with Gasteiger partial charge in [-0.05, 0) is 122 Å². The normalized spacial score (nSPS) is 43.4. The highest BCUT2D eigenvalue weighted by Gasteiger charge is 2.64. The Balaban J connectivity index is 1.29. The number of aliphatic hydroxyl groups excluding tert-OH is 2. The molecule has 0 amide bonds. The van der Waals surface area contributed by atoms with Crippen molar-refractivity contribution in [3.05, 3.63) is 41.5 Å². The van der Waals surface area contributed by atoms with Crippen molar-refractivity contribution < 1.29 is 20.1 Å². The molecule has 0 radical (unpaired) electrons. The third-order valence-electron chi connectivity index (χ3n) is 12.8. The van der Waals surface area contributed by atoms with Crippen molar-refractivity contribution in [3.8, 4) is 0 Å². The van der Waals surface area contributed by atoms with E-state index in [1.54, 1.807) is 6.92 Å². The first kappa shape index (κ1) is 28.9. The Labute approximate surface area is 236 Å². The maximum absolute atomic E-state index is 11.9. The first-order chi connectivity index (χ1) is 18.5. The Bertz CT molecular complexity index is 1050. The molecule has 4 nitrogen and oxygen atoms in total. The monoisotopic (exact) mass is 536 g/mol. The maximum atomic E-state index is 11.9. The van der Waals surface area contributed by atoms with Gasteiger partial charge in [0, 0.05) is 0 Å². The predicted molar refractivity (Wildman–Crippen MR) is 157 cm³/mol. The van der Waals surface area contributed by atoms with Crippen molar-refractivity contribution in [3.63, 3.8) is 0 Å². The quantitative estimate of drug-likeness (QED) is 0.336. The molecule has 0 spiro atoms. The van der Waals surface area contributed by atoms with Gasteiger partial charge in [0.25, 0.3) is 0 Å². The average molecular weight is 537 g/mol. The van der Waals surface area contributed by atoms with Gasteiger partial charge in [-0.3, -0.25) is 4.79 Å². The molecule has 39 heavy (non-hydrogen) atoms. The molecule has 0 heterocycles. The second-order valence-corrected chi connectivity index (χ2v) is 14.5. The number of carbonyl (C=O) groups is 1. The zero-order valence-corrected chi connectivity index (χ0v) is 24.9. The van der Waals surface area contributed by atoms with Gasteiger partial charge in [0.1, 0.15) is 0 Å². The smallest absolute Gasteiger partial charge is 0.310 e. The number of benzene rings is 1. The van der Waals surface area contributed by atoms with Crippen LogP contribution in [0.25, 0.3) is 6.08 Å². The molecule has 5 rings (SSSR count). The van der Waals surface area contributed by atoms with E-state index in [1.165, 1.54) is 25.7 Å². The zero-order chi connectivity index (χ0) is 28.1. The van der Waals surface area contributed by atoms with E-state index in [4.69, 9.17) is 0 Å². The van der Waals surface area contributed by atoms with Crippen LogP contribution in [-0.4, -0.2) is 33.5 Å². The van der Waals surface area contributed by atoms with Crippen LogP contribution in [0.4, 0.5) is 0 Å². The highest BCUT2D eigenvalue weighted by atomic mass is 16.4. The van der Waals surface area contributed by atoms with E-state index in [9.17, 15) is 20.1 Å². The molecule has 0 saturated heterocycles. The fourth-order valence-corrected chi connectivity index (χ4v) is 10.6. The first-order valence-corrected chi connectivity index (χ1v) is 15.9. The van der Waals surface area contributed by atoms with E-state index < -0.39 is 11.9 Å². The first-order valence-electron chi connectivity index (χ1n) is 15.9. The van der Waals surface area contributed by atoms with Crippen LogP contribution in [0.2, 0.25) is 0 Å². The van der Waals surface area contributed by atoms with E-state index in [-0.39, 0.29) is 17.6 Å². The third-order valence-corrected chi connectivity index (χ3v) is 12.8. The summed E-state index contributed by atoms with van der Waals surface area (Å²) in [5.74, 6) is 2.37. The van der Waals surface area contributed by atoms with Crippen LogP contribution in [0.15, 0.2) is 30.3 Å². The Morgan fingerprint density at radius 3 is 2.31 bits per heavy atom. The minimum atomic E-state index is -0.790. The number of aliphatic hydroxyl groups is 2. The van der Waals surface area contributed by atoms with Crippen LogP contribution in [0.5, 0.6) is 0 Å². The lowest BCUT2D eigenvalue weighted by molar-refractivity contribution is -0.203. The fourth-order valence-electron chi connectivity index (χ4n) is 10.6. The lowest BCUT2D eigenvalue weighted by Crippen LogP contribution is -2.62. The summed E-state index contributed by atoms with van der Waals surface area (Å²) in [4.78, 5) is 11.3. The topological polar surface area (TPSA) is 77.8 Å². The zero-order valence-electron chi connectivity index (χ0n) is 24.9. The Hall–Kier alpha value is -1.65. The van der Waals surface area contributed by atoms with Gasteiger partial charge in [-0.15, -0.1) is 0 Å². The number of carboxylic acid groups (broad SMARTS) is 1. The molecule has 4 aliphatic rings. The Morgan fingerprint density at radius 2 is 1.64 bits per heavy atom. The molecule has 12 atom stereocenters. The van der Waals surface area contributed by atoms with Gasteiger partial charge in [-0.25, -0.2) is 0 Å². The second kappa shape index (κ2) is 11.0. The molecule has 0 bridgehead atoms. The number of rotatable bonds is 7. The van der Waals surface area contributed by atoms with Gasteiger partial charge >= 0.3 is 5.97 Å². The van der Waals surface area contributed by atoms with Crippen LogP contribution < -0.4 is 0 Å². The van der Waals surface area contributed by atoms with Crippen molar-refractivity contribution in [2.45, 2.75) is 111 Å². The van der Waals surface area contributed by atoms with Crippen LogP contribution in [0, 0.1) is 52.3 Å². The molecule has 0 aromatic heterocycles. The second-order valence-electron chi connectivity index (χ2n) is 14.5. The lowest BCUT2D eigenvalue weighted by Gasteiger charge is -2.64. The van der Waals surface area contributed by atoms with Crippen molar-refractivity contribution in [2.75, 3.05) is 0 Å². The van der Waals surface area contributed by atoms with E-state index >= 15 is 0 Å². The van der Waals surface area contributed by atoms with Crippen LogP contribution in [-0.2, 0) is 4.79 Å². The average Bonchev–Trinajstić information content (AvgIpc) is 3.27. The van der Waals surface area contributed by atoms with Gasteiger partial charge in [0.2, 0.25) is 0 Å². The summed E-state index contributed by atoms with van der Waals surface area (Å²) < 4.78 is 0.